The summed E-state index contributed by atoms with van der Waals surface area (Å²) in [6.45, 7) is 4.09. The van der Waals surface area contributed by atoms with E-state index in [2.05, 4.69) is 18.0 Å². The number of benzene rings is 1. The van der Waals surface area contributed by atoms with Gasteiger partial charge in [-0.3, -0.25) is 0 Å². The molecule has 0 unspecified atom stereocenters. The lowest BCUT2D eigenvalue weighted by molar-refractivity contribution is 1.42. The van der Waals surface area contributed by atoms with Crippen molar-refractivity contribution < 1.29 is 0 Å². The summed E-state index contributed by atoms with van der Waals surface area (Å²) in [5, 5.41) is 2.05. The minimum absolute atomic E-state index is 0.838. The average molecular weight is 180 g/mol. The second-order valence-electron chi connectivity index (χ2n) is 3.12. The third kappa shape index (κ3) is 1.01. The molecule has 1 aromatic carbocycles. The fraction of sp³-hybridized carbons (Fsp3) is 0.200. The van der Waals surface area contributed by atoms with E-state index >= 15 is 0 Å². The van der Waals surface area contributed by atoms with Crippen molar-refractivity contribution >= 4 is 22.5 Å². The molecule has 0 saturated carbocycles. The fourth-order valence-electron chi connectivity index (χ4n) is 1.39. The van der Waals surface area contributed by atoms with Gasteiger partial charge in [0.05, 0.1) is 0 Å². The summed E-state index contributed by atoms with van der Waals surface area (Å²) >= 11 is 6.00. The van der Waals surface area contributed by atoms with Gasteiger partial charge in [0, 0.05) is 22.1 Å². The Balaban J connectivity index is 2.87. The second-order valence-corrected chi connectivity index (χ2v) is 3.53. The van der Waals surface area contributed by atoms with Gasteiger partial charge in [-0.05, 0) is 37.1 Å². The molecule has 62 valence electrons. The summed E-state index contributed by atoms with van der Waals surface area (Å²) in [6, 6.07) is 4.09. The van der Waals surface area contributed by atoms with Crippen molar-refractivity contribution in [2.45, 2.75) is 13.8 Å². The Hall–Kier alpha value is -0.950. The van der Waals surface area contributed by atoms with Crippen LogP contribution in [-0.4, -0.2) is 4.98 Å². The molecule has 0 bridgehead atoms. The molecule has 1 nitrogen and oxygen atoms in total. The van der Waals surface area contributed by atoms with Crippen LogP contribution in [0.2, 0.25) is 5.02 Å². The number of fused-ring (bicyclic) bond motifs is 1. The highest BCUT2D eigenvalue weighted by molar-refractivity contribution is 6.32. The van der Waals surface area contributed by atoms with Crippen molar-refractivity contribution in [3.63, 3.8) is 0 Å². The van der Waals surface area contributed by atoms with Crippen LogP contribution in [0.4, 0.5) is 0 Å². The number of halogens is 1. The number of aryl methyl sites for hydroxylation is 2. The summed E-state index contributed by atoms with van der Waals surface area (Å²) < 4.78 is 0. The average Bonchev–Trinajstić information content (AvgIpc) is 2.35. The molecule has 0 aliphatic heterocycles. The molecule has 0 aliphatic carbocycles. The topological polar surface area (TPSA) is 15.8 Å². The summed E-state index contributed by atoms with van der Waals surface area (Å²) in [5.41, 5.74) is 3.52. The van der Waals surface area contributed by atoms with Crippen LogP contribution < -0.4 is 0 Å². The first kappa shape index (κ1) is 7.69. The van der Waals surface area contributed by atoms with E-state index in [1.807, 2.05) is 19.2 Å². The number of hydrogen-bond donors (Lipinski definition) is 1. The highest BCUT2D eigenvalue weighted by atomic mass is 35.5. The summed E-state index contributed by atoms with van der Waals surface area (Å²) in [7, 11) is 0. The molecule has 1 aromatic heterocycles. The zero-order valence-corrected chi connectivity index (χ0v) is 7.87. The third-order valence-corrected chi connectivity index (χ3v) is 2.58. The van der Waals surface area contributed by atoms with Crippen LogP contribution >= 0.6 is 11.6 Å². The molecular formula is C10H10ClN. The van der Waals surface area contributed by atoms with Gasteiger partial charge in [0.2, 0.25) is 0 Å². The van der Waals surface area contributed by atoms with Crippen LogP contribution in [0.15, 0.2) is 18.3 Å². The molecule has 2 rings (SSSR count). The van der Waals surface area contributed by atoms with Crippen LogP contribution in [-0.2, 0) is 0 Å². The molecular weight excluding hydrogens is 170 g/mol. The maximum atomic E-state index is 6.00. The van der Waals surface area contributed by atoms with Crippen molar-refractivity contribution in [2.75, 3.05) is 0 Å². The molecule has 0 atom stereocenters. The van der Waals surface area contributed by atoms with E-state index in [1.54, 1.807) is 0 Å². The van der Waals surface area contributed by atoms with E-state index in [1.165, 1.54) is 10.9 Å². The zero-order valence-electron chi connectivity index (χ0n) is 7.11. The van der Waals surface area contributed by atoms with Crippen molar-refractivity contribution in [1.82, 2.24) is 4.98 Å². The molecule has 2 aromatic rings. The van der Waals surface area contributed by atoms with E-state index in [-0.39, 0.29) is 0 Å². The van der Waals surface area contributed by atoms with Gasteiger partial charge < -0.3 is 4.98 Å². The molecule has 0 aliphatic rings. The van der Waals surface area contributed by atoms with E-state index in [0.717, 1.165) is 16.1 Å². The molecule has 2 heteroatoms. The molecule has 0 spiro atoms. The molecule has 12 heavy (non-hydrogen) atoms. The number of rotatable bonds is 0. The quantitative estimate of drug-likeness (QED) is 0.638. The number of hydrogen-bond acceptors (Lipinski definition) is 0. The molecule has 1 heterocycles. The first-order chi connectivity index (χ1) is 5.68. The minimum atomic E-state index is 0.838. The van der Waals surface area contributed by atoms with Crippen molar-refractivity contribution in [2.24, 2.45) is 0 Å². The summed E-state index contributed by atoms with van der Waals surface area (Å²) in [5.74, 6) is 0. The van der Waals surface area contributed by atoms with Crippen LogP contribution in [0.3, 0.4) is 0 Å². The predicted molar refractivity (Wildman–Crippen MR) is 52.8 cm³/mol. The Morgan fingerprint density at radius 1 is 1.17 bits per heavy atom. The lowest BCUT2D eigenvalue weighted by Gasteiger charge is -1.97. The zero-order chi connectivity index (χ0) is 8.72. The van der Waals surface area contributed by atoms with E-state index < -0.39 is 0 Å². The standard InChI is InChI=1S/C10H10ClN/c1-6-3-10-8(4-9(6)11)7(2)5-12-10/h3-5,12H,1-2H3. The van der Waals surface area contributed by atoms with E-state index in [0.29, 0.717) is 0 Å². The SMILES string of the molecule is Cc1cc2[nH]cc(C)c2cc1Cl. The van der Waals surface area contributed by atoms with Crippen molar-refractivity contribution in [1.29, 1.82) is 0 Å². The predicted octanol–water partition coefficient (Wildman–Crippen LogP) is 3.44. The maximum absolute atomic E-state index is 6.00. The van der Waals surface area contributed by atoms with Crippen molar-refractivity contribution in [3.05, 3.63) is 34.5 Å². The van der Waals surface area contributed by atoms with Gasteiger partial charge in [-0.25, -0.2) is 0 Å². The highest BCUT2D eigenvalue weighted by Crippen LogP contribution is 2.24. The van der Waals surface area contributed by atoms with Gasteiger partial charge in [-0.15, -0.1) is 0 Å². The molecule has 0 fully saturated rings. The number of aromatic amines is 1. The van der Waals surface area contributed by atoms with Crippen LogP contribution in [0.25, 0.3) is 10.9 Å². The molecule has 0 saturated heterocycles. The van der Waals surface area contributed by atoms with Crippen LogP contribution in [0, 0.1) is 13.8 Å². The normalized spacial score (nSPS) is 10.9. The van der Waals surface area contributed by atoms with Crippen LogP contribution in [0.5, 0.6) is 0 Å². The van der Waals surface area contributed by atoms with Gasteiger partial charge in [-0.1, -0.05) is 11.6 Å². The first-order valence-electron chi connectivity index (χ1n) is 3.92. The minimum Gasteiger partial charge on any atom is -0.361 e. The Kier molecular flexibility index (Phi) is 1.62. The van der Waals surface area contributed by atoms with Gasteiger partial charge in [-0.2, -0.15) is 0 Å². The van der Waals surface area contributed by atoms with Gasteiger partial charge in [0.15, 0.2) is 0 Å². The van der Waals surface area contributed by atoms with Gasteiger partial charge in [0.1, 0.15) is 0 Å². The Morgan fingerprint density at radius 3 is 2.67 bits per heavy atom. The molecule has 0 radical (unpaired) electrons. The molecule has 0 amide bonds. The lowest BCUT2D eigenvalue weighted by atomic mass is 10.1. The lowest BCUT2D eigenvalue weighted by Crippen LogP contribution is -1.75. The number of aromatic nitrogens is 1. The molecule has 1 N–H and O–H groups in total. The number of nitrogens with one attached hydrogen (secondary N) is 1. The maximum Gasteiger partial charge on any atom is 0.0460 e. The van der Waals surface area contributed by atoms with E-state index in [4.69, 9.17) is 11.6 Å². The Labute approximate surface area is 76.4 Å². The summed E-state index contributed by atoms with van der Waals surface area (Å²) in [6.07, 6.45) is 2.00. The van der Waals surface area contributed by atoms with Crippen molar-refractivity contribution in [3.8, 4) is 0 Å². The second kappa shape index (κ2) is 2.53. The van der Waals surface area contributed by atoms with E-state index in [9.17, 15) is 0 Å². The summed E-state index contributed by atoms with van der Waals surface area (Å²) in [4.78, 5) is 3.20. The highest BCUT2D eigenvalue weighted by Gasteiger charge is 2.02. The monoisotopic (exact) mass is 179 g/mol. The Morgan fingerprint density at radius 2 is 1.92 bits per heavy atom. The first-order valence-corrected chi connectivity index (χ1v) is 4.30. The van der Waals surface area contributed by atoms with Gasteiger partial charge >= 0.3 is 0 Å². The third-order valence-electron chi connectivity index (χ3n) is 2.17. The smallest absolute Gasteiger partial charge is 0.0460 e. The van der Waals surface area contributed by atoms with Crippen LogP contribution in [0.1, 0.15) is 11.1 Å². The van der Waals surface area contributed by atoms with Gasteiger partial charge in [0.25, 0.3) is 0 Å². The fourth-order valence-corrected chi connectivity index (χ4v) is 1.55. The largest absolute Gasteiger partial charge is 0.361 e. The Bertz CT molecular complexity index is 429. The number of H-pyrrole nitrogens is 1.